The van der Waals surface area contributed by atoms with Gasteiger partial charge in [-0.25, -0.2) is 0 Å². The van der Waals surface area contributed by atoms with E-state index in [0.29, 0.717) is 0 Å². The molecule has 0 unspecified atom stereocenters. The topological polar surface area (TPSA) is 104 Å². The Morgan fingerprint density at radius 3 is 1.93 bits per heavy atom. The number of nitrogen functional groups attached to an aromatic ring is 4. The minimum atomic E-state index is 0.862. The van der Waals surface area contributed by atoms with Crippen LogP contribution in [0.2, 0.25) is 0 Å². The number of benzene rings is 2. The summed E-state index contributed by atoms with van der Waals surface area (Å²) in [6.07, 6.45) is 3.93. The summed E-state index contributed by atoms with van der Waals surface area (Å²) < 4.78 is 2.31. The van der Waals surface area contributed by atoms with Crippen molar-refractivity contribution in [3.63, 3.8) is 0 Å². The van der Waals surface area contributed by atoms with Crippen LogP contribution in [0.4, 0.5) is 22.7 Å². The zero-order valence-electron chi connectivity index (χ0n) is 18.3. The molecule has 4 aromatic rings. The van der Waals surface area contributed by atoms with Crippen LogP contribution in [0.25, 0.3) is 20.2 Å². The van der Waals surface area contributed by atoms with Crippen LogP contribution in [-0.4, -0.2) is 0 Å². The quantitative estimate of drug-likeness (QED) is 0.276. The Morgan fingerprint density at radius 1 is 0.700 bits per heavy atom. The Labute approximate surface area is 186 Å². The number of thiophene rings is 2. The summed E-state index contributed by atoms with van der Waals surface area (Å²) in [5.41, 5.74) is 31.6. The second-order valence-corrected chi connectivity index (χ2v) is 9.36. The molecule has 0 saturated carbocycles. The molecule has 4 rings (SSSR count). The molecule has 0 atom stereocenters. The maximum absolute atomic E-state index is 6.12. The average Bonchev–Trinajstić information content (AvgIpc) is 3.30. The van der Waals surface area contributed by atoms with E-state index >= 15 is 0 Å². The van der Waals surface area contributed by atoms with Crippen molar-refractivity contribution in [2.24, 2.45) is 0 Å². The van der Waals surface area contributed by atoms with Gasteiger partial charge < -0.3 is 22.9 Å². The van der Waals surface area contributed by atoms with Crippen LogP contribution >= 0.6 is 22.7 Å². The molecular weight excluding hydrogens is 408 g/mol. The molecule has 0 bridgehead atoms. The minimum Gasteiger partial charge on any atom is -0.398 e. The van der Waals surface area contributed by atoms with Crippen LogP contribution in [0, 0.1) is 0 Å². The predicted octanol–water partition coefficient (Wildman–Crippen LogP) is 6.38. The molecule has 160 valence electrons. The minimum absolute atomic E-state index is 0.862. The molecule has 0 radical (unpaired) electrons. The maximum Gasteiger partial charge on any atom is 0.0599 e. The monoisotopic (exact) mass is 440 g/mol. The van der Waals surface area contributed by atoms with Crippen molar-refractivity contribution in [3.05, 3.63) is 45.1 Å². The second kappa shape index (κ2) is 9.14. The Kier molecular flexibility index (Phi) is 6.78. The lowest BCUT2D eigenvalue weighted by molar-refractivity contribution is 1.11. The number of hydrogen-bond acceptors (Lipinski definition) is 6. The van der Waals surface area contributed by atoms with E-state index in [1.165, 1.54) is 21.6 Å². The Morgan fingerprint density at radius 2 is 1.33 bits per heavy atom. The number of aryl methyl sites for hydroxylation is 4. The molecule has 0 aliphatic rings. The van der Waals surface area contributed by atoms with Crippen LogP contribution in [0.1, 0.15) is 49.3 Å². The van der Waals surface area contributed by atoms with E-state index in [4.69, 9.17) is 22.9 Å². The van der Waals surface area contributed by atoms with Gasteiger partial charge in [-0.15, -0.1) is 22.7 Å². The summed E-state index contributed by atoms with van der Waals surface area (Å²) in [5, 5.41) is 4.27. The highest BCUT2D eigenvalue weighted by Crippen LogP contribution is 2.39. The normalized spacial score (nSPS) is 11.1. The third-order valence-corrected chi connectivity index (χ3v) is 8.08. The van der Waals surface area contributed by atoms with Crippen LogP contribution < -0.4 is 22.9 Å². The number of anilines is 4. The Balaban J connectivity index is 0.000000171. The summed E-state index contributed by atoms with van der Waals surface area (Å²) in [7, 11) is 0. The van der Waals surface area contributed by atoms with E-state index in [1.807, 2.05) is 5.38 Å². The van der Waals surface area contributed by atoms with Crippen LogP contribution in [0.3, 0.4) is 0 Å². The summed E-state index contributed by atoms with van der Waals surface area (Å²) >= 11 is 3.38. The molecule has 8 N–H and O–H groups in total. The van der Waals surface area contributed by atoms with Crippen LogP contribution in [-0.2, 0) is 25.7 Å². The number of fused-ring (bicyclic) bond motifs is 2. The molecular formula is C24H32N4S2. The molecule has 0 spiro atoms. The molecule has 0 saturated heterocycles. The van der Waals surface area contributed by atoms with Crippen molar-refractivity contribution < 1.29 is 0 Å². The van der Waals surface area contributed by atoms with Crippen LogP contribution in [0.5, 0.6) is 0 Å². The largest absolute Gasteiger partial charge is 0.398 e. The van der Waals surface area contributed by atoms with Crippen molar-refractivity contribution in [1.82, 2.24) is 0 Å². The smallest absolute Gasteiger partial charge is 0.0599 e. The lowest BCUT2D eigenvalue weighted by Gasteiger charge is -2.09. The molecule has 0 aliphatic heterocycles. The van der Waals surface area contributed by atoms with Crippen molar-refractivity contribution in [2.45, 2.75) is 53.4 Å². The van der Waals surface area contributed by atoms with Gasteiger partial charge in [0, 0.05) is 21.0 Å². The molecule has 0 aliphatic carbocycles. The van der Waals surface area contributed by atoms with E-state index < -0.39 is 0 Å². The fourth-order valence-corrected chi connectivity index (χ4v) is 5.97. The van der Waals surface area contributed by atoms with E-state index in [-0.39, 0.29) is 0 Å². The standard InChI is InChI=1S/2C12H16N2S/c1-3-7-5-8(4-2)11(14)12-10(7)9(13)6-15-12;1-3-7-5-6-8-11(14)9(4-2)15-12(8)10(7)13/h2*5-6H,3-4,13-14H2,1-2H3. The Bertz CT molecular complexity index is 1180. The van der Waals surface area contributed by atoms with E-state index in [1.54, 1.807) is 22.7 Å². The second-order valence-electron chi connectivity index (χ2n) is 7.37. The average molecular weight is 441 g/mol. The van der Waals surface area contributed by atoms with Gasteiger partial charge in [0.05, 0.1) is 32.1 Å². The van der Waals surface area contributed by atoms with Crippen molar-refractivity contribution >= 4 is 65.6 Å². The summed E-state index contributed by atoms with van der Waals surface area (Å²) in [5.74, 6) is 0. The molecule has 0 amide bonds. The molecule has 30 heavy (non-hydrogen) atoms. The first kappa shape index (κ1) is 22.2. The fraction of sp³-hybridized carbons (Fsp3) is 0.333. The number of hydrogen-bond donors (Lipinski definition) is 4. The molecule has 2 aromatic carbocycles. The summed E-state index contributed by atoms with van der Waals surface area (Å²) in [4.78, 5) is 1.24. The highest BCUT2D eigenvalue weighted by Gasteiger charge is 2.13. The van der Waals surface area contributed by atoms with Crippen molar-refractivity contribution in [3.8, 4) is 0 Å². The third kappa shape index (κ3) is 3.82. The SMILES string of the molecule is CCc1cc(CC)c2c(N)csc2c1N.CCc1ccc2c(N)c(CC)sc2c1N. The van der Waals surface area contributed by atoms with E-state index in [2.05, 4.69) is 45.9 Å². The number of rotatable bonds is 4. The van der Waals surface area contributed by atoms with E-state index in [0.717, 1.165) is 68.6 Å². The van der Waals surface area contributed by atoms with E-state index in [9.17, 15) is 0 Å². The lowest BCUT2D eigenvalue weighted by atomic mass is 10.0. The predicted molar refractivity (Wildman–Crippen MR) is 139 cm³/mol. The van der Waals surface area contributed by atoms with Gasteiger partial charge in [-0.1, -0.05) is 45.9 Å². The molecule has 2 heterocycles. The van der Waals surface area contributed by atoms with Gasteiger partial charge >= 0.3 is 0 Å². The first-order valence-corrected chi connectivity index (χ1v) is 12.2. The van der Waals surface area contributed by atoms with Crippen LogP contribution in [0.15, 0.2) is 23.6 Å². The van der Waals surface area contributed by atoms with Crippen molar-refractivity contribution in [1.29, 1.82) is 0 Å². The van der Waals surface area contributed by atoms with Crippen molar-refractivity contribution in [2.75, 3.05) is 22.9 Å². The van der Waals surface area contributed by atoms with Gasteiger partial charge in [-0.3, -0.25) is 0 Å². The molecule has 2 aromatic heterocycles. The summed E-state index contributed by atoms with van der Waals surface area (Å²) in [6, 6.07) is 6.37. The van der Waals surface area contributed by atoms with Gasteiger partial charge in [0.25, 0.3) is 0 Å². The van der Waals surface area contributed by atoms with Gasteiger partial charge in [0.1, 0.15) is 0 Å². The van der Waals surface area contributed by atoms with Gasteiger partial charge in [-0.2, -0.15) is 0 Å². The molecule has 4 nitrogen and oxygen atoms in total. The molecule has 0 fully saturated rings. The molecule has 6 heteroatoms. The summed E-state index contributed by atoms with van der Waals surface area (Å²) in [6.45, 7) is 8.53. The zero-order valence-corrected chi connectivity index (χ0v) is 19.9. The fourth-order valence-electron chi connectivity index (χ4n) is 3.84. The van der Waals surface area contributed by atoms with Gasteiger partial charge in [0.15, 0.2) is 0 Å². The highest BCUT2D eigenvalue weighted by atomic mass is 32.1. The third-order valence-electron chi connectivity index (χ3n) is 5.65. The zero-order chi connectivity index (χ0) is 22.0. The van der Waals surface area contributed by atoms with Gasteiger partial charge in [0.2, 0.25) is 0 Å². The first-order chi connectivity index (χ1) is 14.4. The lowest BCUT2D eigenvalue weighted by Crippen LogP contribution is -1.97. The van der Waals surface area contributed by atoms with Gasteiger partial charge in [-0.05, 0) is 42.4 Å². The highest BCUT2D eigenvalue weighted by molar-refractivity contribution is 7.20. The Hall–Kier alpha value is -2.44. The number of nitrogens with two attached hydrogens (primary N) is 4. The first-order valence-electron chi connectivity index (χ1n) is 10.5. The maximum atomic E-state index is 6.12.